The van der Waals surface area contributed by atoms with E-state index in [0.717, 1.165) is 5.75 Å². The highest BCUT2D eigenvalue weighted by Gasteiger charge is 2.49. The molecule has 1 heterocycles. The summed E-state index contributed by atoms with van der Waals surface area (Å²) >= 11 is 0. The fourth-order valence-corrected chi connectivity index (χ4v) is 10.9. The quantitative estimate of drug-likeness (QED) is 0.490. The molecule has 0 aromatic carbocycles. The van der Waals surface area contributed by atoms with E-state index in [1.807, 2.05) is 0 Å². The van der Waals surface area contributed by atoms with Crippen LogP contribution in [-0.4, -0.2) is 22.9 Å². The molecule has 0 saturated carbocycles. The van der Waals surface area contributed by atoms with E-state index in [1.165, 1.54) is 18.1 Å². The summed E-state index contributed by atoms with van der Waals surface area (Å²) in [4.78, 5) is 0.669. The highest BCUT2D eigenvalue weighted by molar-refractivity contribution is 7.95. The molecule has 11 heavy (non-hydrogen) atoms. The highest BCUT2D eigenvalue weighted by Crippen LogP contribution is 2.35. The van der Waals surface area contributed by atoms with Crippen LogP contribution < -0.4 is 0 Å². The molecule has 3 heteroatoms. The average molecular weight is 190 g/mol. The summed E-state index contributed by atoms with van der Waals surface area (Å²) < 4.78 is 11.2. The van der Waals surface area contributed by atoms with Gasteiger partial charge in [0, 0.05) is 21.4 Å². The molecule has 1 rings (SSSR count). The van der Waals surface area contributed by atoms with Crippen LogP contribution in [0.25, 0.3) is 0 Å². The van der Waals surface area contributed by atoms with Crippen LogP contribution in [0.4, 0.5) is 0 Å². The second kappa shape index (κ2) is 3.40. The standard InChI is InChI=1S/C8H18OSSi/c1-4-11(5-2,6-3)8-7-10(8)9/h8H,4-7H2,1-3H3. The molecule has 0 radical (unpaired) electrons. The Morgan fingerprint density at radius 1 is 1.27 bits per heavy atom. The molecule has 1 aliphatic rings. The zero-order valence-corrected chi connectivity index (χ0v) is 9.54. The van der Waals surface area contributed by atoms with Crippen molar-refractivity contribution in [2.45, 2.75) is 43.8 Å². The van der Waals surface area contributed by atoms with Gasteiger partial charge < -0.3 is 0 Å². The summed E-state index contributed by atoms with van der Waals surface area (Å²) in [7, 11) is -1.45. The Labute approximate surface area is 73.0 Å². The Bertz CT molecular complexity index is 157. The van der Waals surface area contributed by atoms with Gasteiger partial charge in [-0.2, -0.15) is 0 Å². The van der Waals surface area contributed by atoms with Crippen molar-refractivity contribution in [3.05, 3.63) is 0 Å². The lowest BCUT2D eigenvalue weighted by molar-refractivity contribution is 0.694. The lowest BCUT2D eigenvalue weighted by Gasteiger charge is -2.25. The van der Waals surface area contributed by atoms with Crippen molar-refractivity contribution in [1.82, 2.24) is 0 Å². The van der Waals surface area contributed by atoms with Gasteiger partial charge in [0.1, 0.15) is 0 Å². The number of hydrogen-bond acceptors (Lipinski definition) is 1. The molecule has 1 aliphatic heterocycles. The zero-order valence-electron chi connectivity index (χ0n) is 7.72. The third-order valence-corrected chi connectivity index (χ3v) is 12.7. The minimum Gasteiger partial charge on any atom is -0.260 e. The SMILES string of the molecule is CC[Si](CC)(CC)C1CS1=O. The van der Waals surface area contributed by atoms with Crippen molar-refractivity contribution in [3.8, 4) is 0 Å². The Balaban J connectivity index is 2.64. The second-order valence-electron chi connectivity index (χ2n) is 3.46. The van der Waals surface area contributed by atoms with Crippen LogP contribution >= 0.6 is 0 Å². The second-order valence-corrected chi connectivity index (χ2v) is 11.1. The first kappa shape index (κ1) is 9.45. The first-order valence-corrected chi connectivity index (χ1v) is 8.65. The predicted molar refractivity (Wildman–Crippen MR) is 54.0 cm³/mol. The Kier molecular flexibility index (Phi) is 2.92. The summed E-state index contributed by atoms with van der Waals surface area (Å²) in [5, 5.41) is 0. The fourth-order valence-electron chi connectivity index (χ4n) is 2.00. The minimum absolute atomic E-state index is 0.406. The summed E-state index contributed by atoms with van der Waals surface area (Å²) in [5.41, 5.74) is 0. The zero-order chi connectivity index (χ0) is 8.48. The molecule has 0 aromatic rings. The van der Waals surface area contributed by atoms with Crippen molar-refractivity contribution < 1.29 is 4.21 Å². The average Bonchev–Trinajstić information content (AvgIpc) is 2.73. The van der Waals surface area contributed by atoms with Crippen LogP contribution in [-0.2, 0) is 10.8 Å². The molecule has 1 saturated heterocycles. The lowest BCUT2D eigenvalue weighted by Crippen LogP contribution is -2.39. The third kappa shape index (κ3) is 1.59. The maximum Gasteiger partial charge on any atom is 0.0715 e. The van der Waals surface area contributed by atoms with E-state index in [2.05, 4.69) is 20.8 Å². The van der Waals surface area contributed by atoms with Gasteiger partial charge in [-0.25, -0.2) is 0 Å². The molecular weight excluding hydrogens is 172 g/mol. The maximum absolute atomic E-state index is 11.2. The highest BCUT2D eigenvalue weighted by atomic mass is 32.2. The summed E-state index contributed by atoms with van der Waals surface area (Å²) in [6, 6.07) is 3.99. The molecule has 0 bridgehead atoms. The van der Waals surface area contributed by atoms with Crippen LogP contribution in [0.5, 0.6) is 0 Å². The lowest BCUT2D eigenvalue weighted by atomic mass is 10.9. The van der Waals surface area contributed by atoms with E-state index < -0.39 is 18.9 Å². The van der Waals surface area contributed by atoms with Crippen LogP contribution in [0.15, 0.2) is 0 Å². The molecule has 1 fully saturated rings. The molecular formula is C8H18OSSi. The maximum atomic E-state index is 11.2. The van der Waals surface area contributed by atoms with Gasteiger partial charge in [-0.15, -0.1) is 0 Å². The van der Waals surface area contributed by atoms with Gasteiger partial charge in [0.2, 0.25) is 0 Å². The van der Waals surface area contributed by atoms with Crippen molar-refractivity contribution in [2.75, 3.05) is 5.75 Å². The van der Waals surface area contributed by atoms with Gasteiger partial charge in [0.15, 0.2) is 0 Å². The molecule has 2 unspecified atom stereocenters. The van der Waals surface area contributed by atoms with Crippen molar-refractivity contribution in [3.63, 3.8) is 0 Å². The molecule has 0 aliphatic carbocycles. The van der Waals surface area contributed by atoms with Crippen molar-refractivity contribution in [2.24, 2.45) is 0 Å². The van der Waals surface area contributed by atoms with E-state index in [0.29, 0.717) is 4.87 Å². The smallest absolute Gasteiger partial charge is 0.0715 e. The summed E-state index contributed by atoms with van der Waals surface area (Å²) in [6.45, 7) is 6.86. The molecule has 2 atom stereocenters. The van der Waals surface area contributed by atoms with Crippen LogP contribution in [0, 0.1) is 0 Å². The minimum atomic E-state index is -1.05. The molecule has 1 nitrogen and oxygen atoms in total. The molecule has 0 N–H and O–H groups in total. The largest absolute Gasteiger partial charge is 0.260 e. The Morgan fingerprint density at radius 3 is 1.73 bits per heavy atom. The van der Waals surface area contributed by atoms with E-state index in [9.17, 15) is 4.21 Å². The van der Waals surface area contributed by atoms with Crippen LogP contribution in [0.1, 0.15) is 20.8 Å². The fraction of sp³-hybridized carbons (Fsp3) is 1.00. The number of hydrogen-bond donors (Lipinski definition) is 0. The molecule has 0 spiro atoms. The van der Waals surface area contributed by atoms with Gasteiger partial charge in [-0.3, -0.25) is 4.21 Å². The first-order chi connectivity index (χ1) is 5.20. The van der Waals surface area contributed by atoms with Gasteiger partial charge in [-0.05, 0) is 0 Å². The van der Waals surface area contributed by atoms with E-state index >= 15 is 0 Å². The topological polar surface area (TPSA) is 17.1 Å². The Hall–Kier alpha value is 0.367. The summed E-state index contributed by atoms with van der Waals surface area (Å²) in [5.74, 6) is 1.03. The number of rotatable bonds is 4. The van der Waals surface area contributed by atoms with Crippen LogP contribution in [0.2, 0.25) is 18.1 Å². The summed E-state index contributed by atoms with van der Waals surface area (Å²) in [6.07, 6.45) is 0. The van der Waals surface area contributed by atoms with E-state index in [4.69, 9.17) is 0 Å². The molecule has 66 valence electrons. The monoisotopic (exact) mass is 190 g/mol. The van der Waals surface area contributed by atoms with Gasteiger partial charge >= 0.3 is 0 Å². The van der Waals surface area contributed by atoms with Gasteiger partial charge in [0.25, 0.3) is 0 Å². The van der Waals surface area contributed by atoms with E-state index in [-0.39, 0.29) is 0 Å². The predicted octanol–water partition coefficient (Wildman–Crippen LogP) is 2.17. The molecule has 0 amide bonds. The molecule has 0 aromatic heterocycles. The van der Waals surface area contributed by atoms with Crippen molar-refractivity contribution >= 4 is 18.9 Å². The first-order valence-electron chi connectivity index (χ1n) is 4.57. The van der Waals surface area contributed by atoms with Crippen molar-refractivity contribution in [1.29, 1.82) is 0 Å². The van der Waals surface area contributed by atoms with Crippen LogP contribution in [0.3, 0.4) is 0 Å². The van der Waals surface area contributed by atoms with Gasteiger partial charge in [-0.1, -0.05) is 38.9 Å². The van der Waals surface area contributed by atoms with Gasteiger partial charge in [0.05, 0.1) is 8.07 Å². The van der Waals surface area contributed by atoms with E-state index in [1.54, 1.807) is 0 Å². The normalized spacial score (nSPS) is 30.5. The third-order valence-electron chi connectivity index (χ3n) is 3.31. The Morgan fingerprint density at radius 2 is 1.64 bits per heavy atom.